The molecule has 0 aliphatic rings. The summed E-state index contributed by atoms with van der Waals surface area (Å²) in [5, 5.41) is 9.81. The van der Waals surface area contributed by atoms with Crippen molar-refractivity contribution in [2.75, 3.05) is 0 Å². The first kappa shape index (κ1) is 55.0. The van der Waals surface area contributed by atoms with Gasteiger partial charge in [-0.1, -0.05) is 203 Å². The van der Waals surface area contributed by atoms with Crippen LogP contribution in [0.5, 0.6) is 0 Å². The van der Waals surface area contributed by atoms with Gasteiger partial charge in [0.1, 0.15) is 0 Å². The molecular weight excluding hydrogens is 1020 g/mol. The molecule has 422 valence electrons. The molecule has 0 radical (unpaired) electrons. The van der Waals surface area contributed by atoms with E-state index >= 15 is 0 Å². The largest absolute Gasteiger partial charge is 0.309 e. The van der Waals surface area contributed by atoms with Crippen molar-refractivity contribution in [2.24, 2.45) is 0 Å². The van der Waals surface area contributed by atoms with Crippen molar-refractivity contribution < 1.29 is 0 Å². The Labute approximate surface area is 497 Å². The summed E-state index contributed by atoms with van der Waals surface area (Å²) in [6.07, 6.45) is 6.41. The number of hydrogen-bond donors (Lipinski definition) is 0. The quantitative estimate of drug-likeness (QED) is 0.157. The van der Waals surface area contributed by atoms with Crippen LogP contribution in [0.2, 0.25) is 0 Å². The maximum Gasteiger partial charge on any atom is 0.0715 e. The number of benzene rings is 9. The zero-order valence-corrected chi connectivity index (χ0v) is 53.0. The number of para-hydroxylation sites is 2. The minimum Gasteiger partial charge on any atom is -0.309 e. The predicted octanol–water partition coefficient (Wildman–Crippen LogP) is 21.8. The smallest absolute Gasteiger partial charge is 0.0715 e. The van der Waals surface area contributed by atoms with Crippen LogP contribution < -0.4 is 0 Å². The summed E-state index contributed by atoms with van der Waals surface area (Å²) in [4.78, 5) is 0. The van der Waals surface area contributed by atoms with Gasteiger partial charge in [-0.25, -0.2) is 0 Å². The predicted molar refractivity (Wildman–Crippen MR) is 364 cm³/mol. The van der Waals surface area contributed by atoms with E-state index in [1.165, 1.54) is 110 Å². The van der Waals surface area contributed by atoms with E-state index in [0.29, 0.717) is 0 Å². The fourth-order valence-electron chi connectivity index (χ4n) is 13.3. The second-order valence-electron chi connectivity index (χ2n) is 30.4. The molecule has 13 rings (SSSR count). The van der Waals surface area contributed by atoms with E-state index < -0.39 is 0 Å². The minimum absolute atomic E-state index is 0.0327. The first-order valence-electron chi connectivity index (χ1n) is 30.4. The molecular formula is C80H82N4. The first-order chi connectivity index (χ1) is 39.4. The SMILES string of the molecule is C#Cc1ccc(-n2c3ccccc3c3c2ccc2c4ccc5c(c6ccccc6n5-c5cc(C(C)(C)C)cc(C(C)(C)C)c5)c4n(-c4cc(C(C)(C)C)cc(C(C)(C)C)c4)c23)c(-n2c3ccc(C(C)(C)C)cc3c3cc(C(C)(C)C)ccc32)c1. The molecule has 0 N–H and O–H groups in total. The number of aromatic nitrogens is 4. The second kappa shape index (κ2) is 18.4. The highest BCUT2D eigenvalue weighted by Gasteiger charge is 2.30. The molecule has 0 atom stereocenters. The van der Waals surface area contributed by atoms with Crippen LogP contribution in [-0.4, -0.2) is 18.3 Å². The molecule has 84 heavy (non-hydrogen) atoms. The molecule has 4 nitrogen and oxygen atoms in total. The Morgan fingerprint density at radius 3 is 1.05 bits per heavy atom. The number of fused-ring (bicyclic) bond motifs is 14. The van der Waals surface area contributed by atoms with Crippen molar-refractivity contribution in [3.63, 3.8) is 0 Å². The Hall–Kier alpha value is -8.26. The maximum atomic E-state index is 6.41. The highest BCUT2D eigenvalue weighted by molar-refractivity contribution is 6.31. The standard InChI is InChI=1S/C80H82N4/c1-20-48-29-34-67(70(39-48)83-65-35-30-49(75(2,3)4)46-61(65)62-47-50(76(5,6)7)31-36-66(62)83)84-64-28-24-22-26-60(64)72-69(84)38-33-58-57-32-37-68-71(73(57)82(74(58)72)56-44-53(79(14,15)16)41-54(45-56)80(17,18)19)59-25-21-23-27-63(59)81(68)55-42-51(77(8,9)10)40-52(43-55)78(11,12)13/h1,21-47H,2-19H3. The van der Waals surface area contributed by atoms with Crippen LogP contribution in [0.3, 0.4) is 0 Å². The van der Waals surface area contributed by atoms with Gasteiger partial charge in [-0.15, -0.1) is 6.42 Å². The van der Waals surface area contributed by atoms with E-state index in [1.54, 1.807) is 0 Å². The van der Waals surface area contributed by atoms with Crippen LogP contribution in [-0.2, 0) is 32.5 Å². The number of hydrogen-bond acceptors (Lipinski definition) is 0. The summed E-state index contributed by atoms with van der Waals surface area (Å²) in [5.41, 5.74) is 22.1. The van der Waals surface area contributed by atoms with Gasteiger partial charge in [0, 0.05) is 60.0 Å². The summed E-state index contributed by atoms with van der Waals surface area (Å²) in [5.74, 6) is 3.06. The molecule has 0 amide bonds. The van der Waals surface area contributed by atoms with Gasteiger partial charge in [0.15, 0.2) is 0 Å². The fourth-order valence-corrected chi connectivity index (χ4v) is 13.3. The Bertz CT molecular complexity index is 4810. The highest BCUT2D eigenvalue weighted by atomic mass is 15.1. The summed E-state index contributed by atoms with van der Waals surface area (Å²) >= 11 is 0. The van der Waals surface area contributed by atoms with Crippen LogP contribution in [0.15, 0.2) is 164 Å². The molecule has 0 bridgehead atoms. The Balaban J connectivity index is 1.21. The van der Waals surface area contributed by atoms with Gasteiger partial charge in [0.2, 0.25) is 0 Å². The van der Waals surface area contributed by atoms with E-state index in [2.05, 4.69) is 313 Å². The second-order valence-corrected chi connectivity index (χ2v) is 30.4. The Kier molecular flexibility index (Phi) is 12.0. The van der Waals surface area contributed by atoms with Gasteiger partial charge in [-0.2, -0.15) is 0 Å². The first-order valence-corrected chi connectivity index (χ1v) is 30.4. The van der Waals surface area contributed by atoms with Gasteiger partial charge < -0.3 is 18.3 Å². The highest BCUT2D eigenvalue weighted by Crippen LogP contribution is 2.49. The average Bonchev–Trinajstić information content (AvgIpc) is 1.58. The Morgan fingerprint density at radius 2 is 0.631 bits per heavy atom. The number of terminal acetylenes is 1. The van der Waals surface area contributed by atoms with E-state index in [9.17, 15) is 0 Å². The third kappa shape index (κ3) is 8.62. The maximum absolute atomic E-state index is 6.41. The Morgan fingerprint density at radius 1 is 0.274 bits per heavy atom. The van der Waals surface area contributed by atoms with Gasteiger partial charge in [0.25, 0.3) is 0 Å². The number of nitrogens with zero attached hydrogens (tertiary/aromatic N) is 4. The molecule has 4 aromatic heterocycles. The third-order valence-corrected chi connectivity index (χ3v) is 18.3. The van der Waals surface area contributed by atoms with Crippen LogP contribution in [0.1, 0.15) is 164 Å². The summed E-state index contributed by atoms with van der Waals surface area (Å²) < 4.78 is 10.2. The lowest BCUT2D eigenvalue weighted by atomic mass is 9.80. The molecule has 0 spiro atoms. The van der Waals surface area contributed by atoms with Crippen molar-refractivity contribution in [3.05, 3.63) is 203 Å². The van der Waals surface area contributed by atoms with E-state index in [1.807, 2.05) is 0 Å². The van der Waals surface area contributed by atoms with Gasteiger partial charge >= 0.3 is 0 Å². The summed E-state index contributed by atoms with van der Waals surface area (Å²) in [6, 6.07) is 63.4. The van der Waals surface area contributed by atoms with Crippen molar-refractivity contribution >= 4 is 87.2 Å². The molecule has 0 aliphatic carbocycles. The summed E-state index contributed by atoms with van der Waals surface area (Å²) in [6.45, 7) is 42.0. The normalized spacial score (nSPS) is 13.3. The lowest BCUT2D eigenvalue weighted by Gasteiger charge is -2.27. The van der Waals surface area contributed by atoms with Gasteiger partial charge in [-0.05, 0) is 157 Å². The van der Waals surface area contributed by atoms with Crippen molar-refractivity contribution in [1.29, 1.82) is 0 Å². The van der Waals surface area contributed by atoms with Crippen LogP contribution in [0, 0.1) is 12.3 Å². The van der Waals surface area contributed by atoms with E-state index in [4.69, 9.17) is 6.42 Å². The van der Waals surface area contributed by atoms with Crippen molar-refractivity contribution in [3.8, 4) is 35.1 Å². The molecule has 4 heterocycles. The monoisotopic (exact) mass is 1100 g/mol. The molecule has 0 saturated carbocycles. The van der Waals surface area contributed by atoms with Crippen molar-refractivity contribution in [1.82, 2.24) is 18.3 Å². The van der Waals surface area contributed by atoms with Gasteiger partial charge in [-0.3, -0.25) is 0 Å². The molecule has 0 saturated heterocycles. The fraction of sp³-hybridized carbons (Fsp3) is 0.300. The average molecular weight is 1100 g/mol. The van der Waals surface area contributed by atoms with Crippen LogP contribution in [0.4, 0.5) is 0 Å². The molecule has 0 unspecified atom stereocenters. The lowest BCUT2D eigenvalue weighted by Crippen LogP contribution is -2.17. The van der Waals surface area contributed by atoms with E-state index in [-0.39, 0.29) is 32.5 Å². The molecule has 9 aromatic carbocycles. The molecule has 0 fully saturated rings. The van der Waals surface area contributed by atoms with Crippen LogP contribution in [0.25, 0.3) is 110 Å². The number of rotatable bonds is 4. The zero-order valence-electron chi connectivity index (χ0n) is 53.0. The minimum atomic E-state index is -0.120. The van der Waals surface area contributed by atoms with Crippen molar-refractivity contribution in [2.45, 2.75) is 157 Å². The van der Waals surface area contributed by atoms with Crippen LogP contribution >= 0.6 is 0 Å². The molecule has 0 aliphatic heterocycles. The lowest BCUT2D eigenvalue weighted by molar-refractivity contribution is 0.567. The van der Waals surface area contributed by atoms with Gasteiger partial charge in [0.05, 0.1) is 55.5 Å². The summed E-state index contributed by atoms with van der Waals surface area (Å²) in [7, 11) is 0. The third-order valence-electron chi connectivity index (χ3n) is 18.3. The topological polar surface area (TPSA) is 19.7 Å². The molecule has 4 heteroatoms. The van der Waals surface area contributed by atoms with E-state index in [0.717, 1.165) is 39.0 Å². The molecule has 13 aromatic rings. The zero-order chi connectivity index (χ0) is 59.7.